The Morgan fingerprint density at radius 3 is 2.50 bits per heavy atom. The number of nitrogens with one attached hydrogen (secondary N) is 1. The van der Waals surface area contributed by atoms with Crippen LogP contribution in [0.2, 0.25) is 0 Å². The number of carbonyl (C=O) groups excluding carboxylic acids is 1. The minimum atomic E-state index is 0.0270. The van der Waals surface area contributed by atoms with Crippen molar-refractivity contribution in [2.75, 3.05) is 20.6 Å². The number of amides is 1. The molecule has 0 aliphatic carbocycles. The summed E-state index contributed by atoms with van der Waals surface area (Å²) in [5.74, 6) is 0.0270. The first-order chi connectivity index (χ1) is 11.6. The van der Waals surface area contributed by atoms with Gasteiger partial charge in [-0.25, -0.2) is 0 Å². The predicted octanol–water partition coefficient (Wildman–Crippen LogP) is 3.06. The fourth-order valence-corrected chi connectivity index (χ4v) is 2.97. The van der Waals surface area contributed by atoms with Crippen molar-refractivity contribution in [2.24, 2.45) is 0 Å². The highest BCUT2D eigenvalue weighted by atomic mass is 16.1. The average molecular weight is 321 g/mol. The Balaban J connectivity index is 1.64. The van der Waals surface area contributed by atoms with Gasteiger partial charge in [0.15, 0.2) is 0 Å². The number of rotatable bonds is 6. The molecule has 0 spiro atoms. The van der Waals surface area contributed by atoms with E-state index in [2.05, 4.69) is 28.4 Å². The predicted molar refractivity (Wildman–Crippen MR) is 97.8 cm³/mol. The molecule has 1 unspecified atom stereocenters. The van der Waals surface area contributed by atoms with Crippen LogP contribution in [0.1, 0.15) is 11.6 Å². The second-order valence-electron chi connectivity index (χ2n) is 6.20. The van der Waals surface area contributed by atoms with Crippen molar-refractivity contribution in [2.45, 2.75) is 12.6 Å². The molecule has 1 aromatic heterocycles. The Hall–Kier alpha value is -2.59. The molecule has 4 nitrogen and oxygen atoms in total. The van der Waals surface area contributed by atoms with Crippen LogP contribution >= 0.6 is 0 Å². The van der Waals surface area contributed by atoms with Gasteiger partial charge in [-0.15, -0.1) is 0 Å². The third-order valence-electron chi connectivity index (χ3n) is 4.29. The summed E-state index contributed by atoms with van der Waals surface area (Å²) < 4.78 is 1.98. The minimum absolute atomic E-state index is 0.0270. The van der Waals surface area contributed by atoms with E-state index in [-0.39, 0.29) is 11.9 Å². The molecule has 0 saturated carbocycles. The molecule has 0 saturated heterocycles. The smallest absolute Gasteiger partial charge is 0.240 e. The van der Waals surface area contributed by atoms with Crippen molar-refractivity contribution in [3.8, 4) is 0 Å². The summed E-state index contributed by atoms with van der Waals surface area (Å²) in [6, 6.07) is 20.5. The summed E-state index contributed by atoms with van der Waals surface area (Å²) in [5.41, 5.74) is 2.29. The molecule has 3 rings (SSSR count). The number of likely N-dealkylation sites (N-methyl/N-ethyl adjacent to an activating group) is 1. The summed E-state index contributed by atoms with van der Waals surface area (Å²) in [6.45, 7) is 0.928. The van der Waals surface area contributed by atoms with E-state index in [0.717, 1.165) is 10.9 Å². The summed E-state index contributed by atoms with van der Waals surface area (Å²) >= 11 is 0. The lowest BCUT2D eigenvalue weighted by molar-refractivity contribution is -0.121. The fraction of sp³-hybridized carbons (Fsp3) is 0.250. The van der Waals surface area contributed by atoms with Crippen molar-refractivity contribution >= 4 is 16.8 Å². The van der Waals surface area contributed by atoms with Crippen molar-refractivity contribution in [1.82, 2.24) is 14.8 Å². The molecule has 0 bridgehead atoms. The van der Waals surface area contributed by atoms with E-state index in [1.807, 2.05) is 67.3 Å². The largest absolute Gasteiger partial charge is 0.353 e. The molecule has 2 aromatic carbocycles. The first kappa shape index (κ1) is 16.3. The van der Waals surface area contributed by atoms with Crippen molar-refractivity contribution in [3.05, 3.63) is 72.4 Å². The van der Waals surface area contributed by atoms with Gasteiger partial charge in [-0.2, -0.15) is 0 Å². The van der Waals surface area contributed by atoms with Gasteiger partial charge in [0.1, 0.15) is 6.54 Å². The Morgan fingerprint density at radius 1 is 1.04 bits per heavy atom. The van der Waals surface area contributed by atoms with Gasteiger partial charge in [0, 0.05) is 18.3 Å². The molecule has 0 aliphatic heterocycles. The zero-order valence-electron chi connectivity index (χ0n) is 14.1. The van der Waals surface area contributed by atoms with Crippen molar-refractivity contribution < 1.29 is 4.79 Å². The van der Waals surface area contributed by atoms with Gasteiger partial charge >= 0.3 is 0 Å². The van der Waals surface area contributed by atoms with E-state index in [1.54, 1.807) is 0 Å². The third kappa shape index (κ3) is 3.66. The van der Waals surface area contributed by atoms with E-state index >= 15 is 0 Å². The van der Waals surface area contributed by atoms with Gasteiger partial charge < -0.3 is 14.8 Å². The number of hydrogen-bond donors (Lipinski definition) is 1. The van der Waals surface area contributed by atoms with E-state index in [9.17, 15) is 4.79 Å². The van der Waals surface area contributed by atoms with Crippen LogP contribution in [0.4, 0.5) is 0 Å². The first-order valence-electron chi connectivity index (χ1n) is 8.17. The molecule has 124 valence electrons. The molecule has 0 aliphatic rings. The van der Waals surface area contributed by atoms with Gasteiger partial charge in [0.05, 0.1) is 6.04 Å². The van der Waals surface area contributed by atoms with Crippen molar-refractivity contribution in [1.29, 1.82) is 0 Å². The quantitative estimate of drug-likeness (QED) is 0.757. The zero-order valence-corrected chi connectivity index (χ0v) is 14.1. The zero-order chi connectivity index (χ0) is 16.9. The van der Waals surface area contributed by atoms with Crippen LogP contribution in [0.15, 0.2) is 66.9 Å². The average Bonchev–Trinajstić information content (AvgIpc) is 2.99. The number of benzene rings is 2. The summed E-state index contributed by atoms with van der Waals surface area (Å²) in [6.07, 6.45) is 1.96. The topological polar surface area (TPSA) is 37.3 Å². The second-order valence-corrected chi connectivity index (χ2v) is 6.20. The van der Waals surface area contributed by atoms with Gasteiger partial charge in [0.25, 0.3) is 0 Å². The highest BCUT2D eigenvalue weighted by Gasteiger charge is 2.15. The molecule has 1 heterocycles. The molecule has 24 heavy (non-hydrogen) atoms. The van der Waals surface area contributed by atoms with E-state index < -0.39 is 0 Å². The van der Waals surface area contributed by atoms with Crippen LogP contribution in [0, 0.1) is 0 Å². The van der Waals surface area contributed by atoms with Gasteiger partial charge in [-0.1, -0.05) is 48.5 Å². The molecule has 4 heteroatoms. The summed E-state index contributed by atoms with van der Waals surface area (Å²) in [7, 11) is 4.06. The SMILES string of the molecule is CN(C)C(CNC(=O)Cn1ccc2ccccc21)c1ccccc1. The Morgan fingerprint density at radius 2 is 1.75 bits per heavy atom. The maximum absolute atomic E-state index is 12.4. The maximum atomic E-state index is 12.4. The Kier molecular flexibility index (Phi) is 4.96. The molecule has 1 atom stereocenters. The highest BCUT2D eigenvalue weighted by Crippen LogP contribution is 2.17. The Labute approximate surface area is 142 Å². The number of para-hydroxylation sites is 1. The number of aromatic nitrogens is 1. The van der Waals surface area contributed by atoms with E-state index in [0.29, 0.717) is 13.1 Å². The maximum Gasteiger partial charge on any atom is 0.240 e. The minimum Gasteiger partial charge on any atom is -0.353 e. The van der Waals surface area contributed by atoms with Crippen LogP contribution in [0.25, 0.3) is 10.9 Å². The molecule has 0 fully saturated rings. The Bertz CT molecular complexity index is 808. The first-order valence-corrected chi connectivity index (χ1v) is 8.17. The molecular formula is C20H23N3O. The highest BCUT2D eigenvalue weighted by molar-refractivity contribution is 5.83. The lowest BCUT2D eigenvalue weighted by atomic mass is 10.1. The number of hydrogen-bond acceptors (Lipinski definition) is 2. The molecule has 1 amide bonds. The summed E-state index contributed by atoms with van der Waals surface area (Å²) in [5, 5.41) is 4.22. The van der Waals surface area contributed by atoms with Gasteiger partial charge in [-0.05, 0) is 37.2 Å². The van der Waals surface area contributed by atoms with Gasteiger partial charge in [0.2, 0.25) is 5.91 Å². The molecule has 1 N–H and O–H groups in total. The van der Waals surface area contributed by atoms with Crippen LogP contribution < -0.4 is 5.32 Å². The lowest BCUT2D eigenvalue weighted by Crippen LogP contribution is -2.36. The number of nitrogens with zero attached hydrogens (tertiary/aromatic N) is 2. The molecule has 3 aromatic rings. The van der Waals surface area contributed by atoms with Crippen LogP contribution in [0.3, 0.4) is 0 Å². The second kappa shape index (κ2) is 7.32. The van der Waals surface area contributed by atoms with E-state index in [4.69, 9.17) is 0 Å². The third-order valence-corrected chi connectivity index (χ3v) is 4.29. The number of fused-ring (bicyclic) bond motifs is 1. The van der Waals surface area contributed by atoms with Gasteiger partial charge in [-0.3, -0.25) is 4.79 Å². The molecular weight excluding hydrogens is 298 g/mol. The summed E-state index contributed by atoms with van der Waals surface area (Å²) in [4.78, 5) is 14.5. The fourth-order valence-electron chi connectivity index (χ4n) is 2.97. The standard InChI is InChI=1S/C20H23N3O/c1-22(2)19(16-8-4-3-5-9-16)14-21-20(24)15-23-13-12-17-10-6-7-11-18(17)23/h3-13,19H,14-15H2,1-2H3,(H,21,24). The van der Waals surface area contributed by atoms with Crippen LogP contribution in [0.5, 0.6) is 0 Å². The lowest BCUT2D eigenvalue weighted by Gasteiger charge is -2.25. The number of carbonyl (C=O) groups is 1. The van der Waals surface area contributed by atoms with E-state index in [1.165, 1.54) is 5.56 Å². The van der Waals surface area contributed by atoms with Crippen LogP contribution in [-0.4, -0.2) is 36.0 Å². The normalized spacial score (nSPS) is 12.5. The van der Waals surface area contributed by atoms with Crippen LogP contribution in [-0.2, 0) is 11.3 Å². The van der Waals surface area contributed by atoms with Crippen molar-refractivity contribution in [3.63, 3.8) is 0 Å². The molecule has 0 radical (unpaired) electrons. The monoisotopic (exact) mass is 321 g/mol.